The molecule has 96 valence electrons. The Morgan fingerprint density at radius 2 is 2.24 bits per heavy atom. The number of thioether (sulfide) groups is 1. The van der Waals surface area contributed by atoms with Crippen LogP contribution in [0.5, 0.6) is 0 Å². The van der Waals surface area contributed by atoms with Gasteiger partial charge in [-0.3, -0.25) is 0 Å². The largest absolute Gasteiger partial charge is 0.461 e. The molecular formula is C11H19N3O2S. The molecule has 17 heavy (non-hydrogen) atoms. The van der Waals surface area contributed by atoms with E-state index < -0.39 is 0 Å². The van der Waals surface area contributed by atoms with Crippen LogP contribution in [-0.2, 0) is 17.7 Å². The molecule has 1 aromatic rings. The predicted molar refractivity (Wildman–Crippen MR) is 68.4 cm³/mol. The lowest BCUT2D eigenvalue weighted by atomic mass is 10.2. The minimum Gasteiger partial charge on any atom is -0.461 e. The van der Waals surface area contributed by atoms with Crippen LogP contribution in [-0.4, -0.2) is 39.6 Å². The molecular weight excluding hydrogens is 238 g/mol. The quantitative estimate of drug-likeness (QED) is 0.697. The first-order chi connectivity index (χ1) is 8.24. The molecule has 0 saturated carbocycles. The van der Waals surface area contributed by atoms with Crippen molar-refractivity contribution in [3.05, 3.63) is 11.4 Å². The van der Waals surface area contributed by atoms with Gasteiger partial charge in [-0.1, -0.05) is 18.6 Å². The number of aromatic nitrogens is 3. The summed E-state index contributed by atoms with van der Waals surface area (Å²) in [7, 11) is 0. The highest BCUT2D eigenvalue weighted by Gasteiger charge is 2.19. The highest BCUT2D eigenvalue weighted by molar-refractivity contribution is 7.98. The Hall–Kier alpha value is -1.04. The van der Waals surface area contributed by atoms with Crippen molar-refractivity contribution in [3.63, 3.8) is 0 Å². The fraction of sp³-hybridized carbons (Fsp3) is 0.727. The molecule has 1 aromatic heterocycles. The van der Waals surface area contributed by atoms with Gasteiger partial charge in [0.15, 0.2) is 5.69 Å². The Bertz CT molecular complexity index is 366. The van der Waals surface area contributed by atoms with E-state index in [0.717, 1.165) is 30.8 Å². The van der Waals surface area contributed by atoms with Crippen molar-refractivity contribution in [2.75, 3.05) is 18.6 Å². The average Bonchev–Trinajstić information content (AvgIpc) is 2.70. The van der Waals surface area contributed by atoms with Crippen molar-refractivity contribution in [1.29, 1.82) is 0 Å². The van der Waals surface area contributed by atoms with Gasteiger partial charge in [-0.2, -0.15) is 11.8 Å². The van der Waals surface area contributed by atoms with Crippen LogP contribution in [0.3, 0.4) is 0 Å². The molecule has 0 amide bonds. The Morgan fingerprint density at radius 1 is 1.47 bits per heavy atom. The van der Waals surface area contributed by atoms with E-state index >= 15 is 0 Å². The lowest BCUT2D eigenvalue weighted by molar-refractivity contribution is 0.0518. The highest BCUT2D eigenvalue weighted by atomic mass is 32.2. The van der Waals surface area contributed by atoms with Crippen LogP contribution >= 0.6 is 11.8 Å². The zero-order chi connectivity index (χ0) is 12.7. The number of esters is 1. The lowest BCUT2D eigenvalue weighted by Crippen LogP contribution is -2.12. The topological polar surface area (TPSA) is 57.0 Å². The van der Waals surface area contributed by atoms with Gasteiger partial charge >= 0.3 is 5.97 Å². The summed E-state index contributed by atoms with van der Waals surface area (Å²) in [4.78, 5) is 11.7. The second-order valence-corrected chi connectivity index (χ2v) is 4.56. The number of carbonyl (C=O) groups excluding carboxylic acids is 1. The predicted octanol–water partition coefficient (Wildman–Crippen LogP) is 1.77. The van der Waals surface area contributed by atoms with Gasteiger partial charge in [0.1, 0.15) is 0 Å². The maximum atomic E-state index is 11.7. The van der Waals surface area contributed by atoms with E-state index in [2.05, 4.69) is 17.2 Å². The molecule has 0 aliphatic carbocycles. The number of aryl methyl sites for hydroxylation is 1. The average molecular weight is 257 g/mol. The SMILES string of the molecule is CCCc1c(C(=O)OCC)nnn1CCSC. The number of rotatable bonds is 7. The molecule has 0 spiro atoms. The summed E-state index contributed by atoms with van der Waals surface area (Å²) in [5.74, 6) is 0.592. The molecule has 1 heterocycles. The van der Waals surface area contributed by atoms with Crippen LogP contribution in [0.4, 0.5) is 0 Å². The van der Waals surface area contributed by atoms with Gasteiger partial charge in [-0.15, -0.1) is 5.10 Å². The standard InChI is InChI=1S/C11H19N3O2S/c1-4-6-9-10(11(15)16-5-2)12-13-14(9)7-8-17-3/h4-8H2,1-3H3. The molecule has 0 radical (unpaired) electrons. The van der Waals surface area contributed by atoms with Gasteiger partial charge in [0.2, 0.25) is 0 Å². The summed E-state index contributed by atoms with van der Waals surface area (Å²) in [5.41, 5.74) is 1.26. The normalized spacial score (nSPS) is 10.5. The molecule has 0 N–H and O–H groups in total. The van der Waals surface area contributed by atoms with Gasteiger partial charge in [0.05, 0.1) is 18.8 Å². The van der Waals surface area contributed by atoms with Crippen LogP contribution in [0, 0.1) is 0 Å². The molecule has 0 saturated heterocycles. The Morgan fingerprint density at radius 3 is 2.82 bits per heavy atom. The van der Waals surface area contributed by atoms with Crippen LogP contribution in [0.25, 0.3) is 0 Å². The highest BCUT2D eigenvalue weighted by Crippen LogP contribution is 2.11. The minimum absolute atomic E-state index is 0.363. The molecule has 0 fully saturated rings. The summed E-state index contributed by atoms with van der Waals surface area (Å²) in [5, 5.41) is 7.96. The molecule has 5 nitrogen and oxygen atoms in total. The van der Waals surface area contributed by atoms with Gasteiger partial charge < -0.3 is 4.74 Å². The summed E-state index contributed by atoms with van der Waals surface area (Å²) in [6.07, 6.45) is 3.80. The van der Waals surface area contributed by atoms with Crippen LogP contribution in [0.1, 0.15) is 36.5 Å². The van der Waals surface area contributed by atoms with Crippen LogP contribution in [0.15, 0.2) is 0 Å². The van der Waals surface area contributed by atoms with Crippen LogP contribution in [0.2, 0.25) is 0 Å². The second-order valence-electron chi connectivity index (χ2n) is 3.57. The molecule has 0 atom stereocenters. The van der Waals surface area contributed by atoms with Gasteiger partial charge in [0.25, 0.3) is 0 Å². The maximum Gasteiger partial charge on any atom is 0.360 e. The number of ether oxygens (including phenoxy) is 1. The Kier molecular flexibility index (Phi) is 6.04. The maximum absolute atomic E-state index is 11.7. The van der Waals surface area contributed by atoms with Gasteiger partial charge in [-0.05, 0) is 19.6 Å². The van der Waals surface area contributed by atoms with E-state index in [1.807, 2.05) is 10.9 Å². The molecule has 0 aliphatic heterocycles. The van der Waals surface area contributed by atoms with E-state index in [9.17, 15) is 4.79 Å². The Labute approximate surface area is 106 Å². The first kappa shape index (κ1) is 14.0. The van der Waals surface area contributed by atoms with Crippen molar-refractivity contribution >= 4 is 17.7 Å². The van der Waals surface area contributed by atoms with Gasteiger partial charge in [0, 0.05) is 5.75 Å². The first-order valence-electron chi connectivity index (χ1n) is 5.83. The smallest absolute Gasteiger partial charge is 0.360 e. The van der Waals surface area contributed by atoms with Crippen LogP contribution < -0.4 is 0 Å². The summed E-state index contributed by atoms with van der Waals surface area (Å²) >= 11 is 1.75. The van der Waals surface area contributed by atoms with Crippen molar-refractivity contribution < 1.29 is 9.53 Å². The zero-order valence-corrected chi connectivity index (χ0v) is 11.4. The fourth-order valence-corrected chi connectivity index (χ4v) is 1.89. The number of hydrogen-bond donors (Lipinski definition) is 0. The molecule has 0 aliphatic rings. The van der Waals surface area contributed by atoms with Crippen molar-refractivity contribution in [1.82, 2.24) is 15.0 Å². The lowest BCUT2D eigenvalue weighted by Gasteiger charge is -2.05. The van der Waals surface area contributed by atoms with Crippen molar-refractivity contribution in [2.24, 2.45) is 0 Å². The zero-order valence-electron chi connectivity index (χ0n) is 10.6. The number of carbonyl (C=O) groups is 1. The molecule has 0 bridgehead atoms. The summed E-state index contributed by atoms with van der Waals surface area (Å²) < 4.78 is 6.78. The summed E-state index contributed by atoms with van der Waals surface area (Å²) in [6, 6.07) is 0. The first-order valence-corrected chi connectivity index (χ1v) is 7.22. The minimum atomic E-state index is -0.369. The third-order valence-corrected chi connectivity index (χ3v) is 2.89. The van der Waals surface area contributed by atoms with Gasteiger partial charge in [-0.25, -0.2) is 9.48 Å². The van der Waals surface area contributed by atoms with Crippen molar-refractivity contribution in [3.8, 4) is 0 Å². The second kappa shape index (κ2) is 7.32. The Balaban J connectivity index is 2.88. The molecule has 1 rings (SSSR count). The third-order valence-electron chi connectivity index (χ3n) is 2.30. The number of hydrogen-bond acceptors (Lipinski definition) is 5. The third kappa shape index (κ3) is 3.73. The van der Waals surface area contributed by atoms with E-state index in [4.69, 9.17) is 4.74 Å². The number of nitrogens with zero attached hydrogens (tertiary/aromatic N) is 3. The fourth-order valence-electron chi connectivity index (χ4n) is 1.53. The molecule has 0 unspecified atom stereocenters. The van der Waals surface area contributed by atoms with Crippen molar-refractivity contribution in [2.45, 2.75) is 33.2 Å². The van der Waals surface area contributed by atoms with E-state index in [1.165, 1.54) is 0 Å². The summed E-state index contributed by atoms with van der Waals surface area (Å²) in [6.45, 7) is 5.00. The van der Waals surface area contributed by atoms with E-state index in [1.54, 1.807) is 18.7 Å². The molecule has 6 heteroatoms. The molecule has 0 aromatic carbocycles. The monoisotopic (exact) mass is 257 g/mol. The van der Waals surface area contributed by atoms with E-state index in [0.29, 0.717) is 12.3 Å². The van der Waals surface area contributed by atoms with E-state index in [-0.39, 0.29) is 5.97 Å².